The monoisotopic (exact) mass is 582 g/mol. The molecule has 1 aliphatic rings. The van der Waals surface area contributed by atoms with Gasteiger partial charge in [-0.1, -0.05) is 27.7 Å². The van der Waals surface area contributed by atoms with Crippen LogP contribution in [0, 0.1) is 11.8 Å². The van der Waals surface area contributed by atoms with E-state index in [0.29, 0.717) is 37.1 Å². The molecule has 1 amide bonds. The molecule has 3 heterocycles. The van der Waals surface area contributed by atoms with E-state index in [1.54, 1.807) is 0 Å². The first-order chi connectivity index (χ1) is 20.1. The van der Waals surface area contributed by atoms with E-state index in [2.05, 4.69) is 32.6 Å². The van der Waals surface area contributed by atoms with Crippen LogP contribution >= 0.6 is 0 Å². The van der Waals surface area contributed by atoms with Gasteiger partial charge in [-0.05, 0) is 87.4 Å². The Hall–Kier alpha value is -3.00. The summed E-state index contributed by atoms with van der Waals surface area (Å²) in [6.07, 6.45) is 5.24. The van der Waals surface area contributed by atoms with Crippen molar-refractivity contribution in [2.45, 2.75) is 79.1 Å². The van der Waals surface area contributed by atoms with Crippen molar-refractivity contribution in [3.63, 3.8) is 0 Å². The van der Waals surface area contributed by atoms with Gasteiger partial charge in [0.1, 0.15) is 5.75 Å². The molecule has 1 aliphatic heterocycles. The minimum Gasteiger partial charge on any atom is -0.494 e. The maximum absolute atomic E-state index is 13.8. The number of rotatable bonds is 14. The Bertz CT molecular complexity index is 1280. The molecule has 1 fully saturated rings. The van der Waals surface area contributed by atoms with Gasteiger partial charge in [0.05, 0.1) is 17.8 Å². The number of ether oxygens (including phenoxy) is 1. The van der Waals surface area contributed by atoms with Crippen LogP contribution in [0.4, 0.5) is 8.78 Å². The summed E-state index contributed by atoms with van der Waals surface area (Å²) < 4.78 is 34.9. The highest BCUT2D eigenvalue weighted by Gasteiger charge is 2.33. The number of halogens is 2. The summed E-state index contributed by atoms with van der Waals surface area (Å²) in [5, 5.41) is 4.95. The van der Waals surface area contributed by atoms with E-state index < -0.39 is 5.92 Å². The van der Waals surface area contributed by atoms with Crippen molar-refractivity contribution in [1.29, 1.82) is 0 Å². The average molecular weight is 583 g/mol. The van der Waals surface area contributed by atoms with Crippen LogP contribution in [-0.4, -0.2) is 70.6 Å². The summed E-state index contributed by atoms with van der Waals surface area (Å²) in [7, 11) is 0. The number of amides is 1. The van der Waals surface area contributed by atoms with Crippen molar-refractivity contribution in [3.8, 4) is 17.0 Å². The molecule has 0 radical (unpaired) electrons. The van der Waals surface area contributed by atoms with E-state index in [0.717, 1.165) is 73.4 Å². The lowest BCUT2D eigenvalue weighted by Gasteiger charge is -2.31. The lowest BCUT2D eigenvalue weighted by Crippen LogP contribution is -2.39. The fourth-order valence-electron chi connectivity index (χ4n) is 5.49. The summed E-state index contributed by atoms with van der Waals surface area (Å²) in [6.45, 7) is 14.4. The topological polar surface area (TPSA) is 50.1 Å². The summed E-state index contributed by atoms with van der Waals surface area (Å²) >= 11 is 0. The molecule has 0 aliphatic carbocycles. The average Bonchev–Trinajstić information content (AvgIpc) is 3.31. The third-order valence-electron chi connectivity index (χ3n) is 8.15. The van der Waals surface area contributed by atoms with Gasteiger partial charge in [0, 0.05) is 61.9 Å². The van der Waals surface area contributed by atoms with Crippen LogP contribution in [-0.2, 0) is 6.42 Å². The molecule has 0 unspecified atom stereocenters. The van der Waals surface area contributed by atoms with E-state index >= 15 is 0 Å². The molecule has 0 N–H and O–H groups in total. The number of aromatic nitrogens is 2. The standard InChI is InChI=1S/C34H48F2N4O2/c1-6-42-29-11-9-27(10-12-29)32-30(8-7-18-38-22-16-34(35,36)17-23-38)31-24-28(15-21-40(31)37-32)33(41)39(19-13-25(2)3)20-14-26(4)5/h9-12,15,21,24-26H,6-8,13-14,16-20,22-23H2,1-5H3. The summed E-state index contributed by atoms with van der Waals surface area (Å²) in [5.41, 5.74) is 4.53. The number of hydrogen-bond donors (Lipinski definition) is 0. The number of nitrogens with zero attached hydrogens (tertiary/aromatic N) is 4. The molecular formula is C34H48F2N4O2. The summed E-state index contributed by atoms with van der Waals surface area (Å²) in [4.78, 5) is 17.9. The van der Waals surface area contributed by atoms with Gasteiger partial charge in [0.25, 0.3) is 11.8 Å². The van der Waals surface area contributed by atoms with Crippen LogP contribution in [0.25, 0.3) is 16.8 Å². The molecule has 0 saturated carbocycles. The van der Waals surface area contributed by atoms with Crippen LogP contribution in [0.5, 0.6) is 5.75 Å². The molecule has 230 valence electrons. The Morgan fingerprint density at radius 1 is 1.02 bits per heavy atom. The van der Waals surface area contributed by atoms with Crippen molar-refractivity contribution < 1.29 is 18.3 Å². The van der Waals surface area contributed by atoms with Gasteiger partial charge < -0.3 is 14.5 Å². The molecule has 3 aromatic rings. The maximum atomic E-state index is 13.8. The van der Waals surface area contributed by atoms with E-state index in [1.807, 2.05) is 58.9 Å². The second kappa shape index (κ2) is 14.5. The van der Waals surface area contributed by atoms with E-state index in [-0.39, 0.29) is 18.7 Å². The zero-order chi connectivity index (χ0) is 30.3. The van der Waals surface area contributed by atoms with Crippen LogP contribution in [0.1, 0.15) is 82.6 Å². The normalized spacial score (nSPS) is 15.5. The van der Waals surface area contributed by atoms with E-state index in [1.165, 1.54) is 0 Å². The second-order valence-electron chi connectivity index (χ2n) is 12.5. The zero-order valence-electron chi connectivity index (χ0n) is 26.0. The third-order valence-corrected chi connectivity index (χ3v) is 8.15. The van der Waals surface area contributed by atoms with Crippen LogP contribution < -0.4 is 4.74 Å². The van der Waals surface area contributed by atoms with Gasteiger partial charge in [-0.2, -0.15) is 5.10 Å². The fourth-order valence-corrected chi connectivity index (χ4v) is 5.49. The van der Waals surface area contributed by atoms with Gasteiger partial charge in [0.15, 0.2) is 0 Å². The first-order valence-corrected chi connectivity index (χ1v) is 15.7. The highest BCUT2D eigenvalue weighted by molar-refractivity contribution is 5.95. The predicted molar refractivity (Wildman–Crippen MR) is 166 cm³/mol. The summed E-state index contributed by atoms with van der Waals surface area (Å²) in [6, 6.07) is 11.8. The number of pyridine rings is 1. The maximum Gasteiger partial charge on any atom is 0.253 e. The van der Waals surface area contributed by atoms with Gasteiger partial charge in [-0.15, -0.1) is 0 Å². The zero-order valence-corrected chi connectivity index (χ0v) is 26.0. The molecule has 0 bridgehead atoms. The molecular weight excluding hydrogens is 534 g/mol. The number of hydrogen-bond acceptors (Lipinski definition) is 4. The van der Waals surface area contributed by atoms with E-state index in [9.17, 15) is 13.6 Å². The Labute approximate surface area is 250 Å². The SMILES string of the molecule is CCOc1ccc(-c2nn3ccc(C(=O)N(CCC(C)C)CCC(C)C)cc3c2CCCN2CCC(F)(F)CC2)cc1. The number of piperidine rings is 1. The van der Waals surface area contributed by atoms with Crippen molar-refractivity contribution in [1.82, 2.24) is 19.4 Å². The molecule has 1 saturated heterocycles. The first kappa shape index (κ1) is 31.9. The highest BCUT2D eigenvalue weighted by atomic mass is 19.3. The molecule has 0 atom stereocenters. The fraction of sp³-hybridized carbons (Fsp3) is 0.588. The van der Waals surface area contributed by atoms with Gasteiger partial charge in [-0.25, -0.2) is 13.3 Å². The smallest absolute Gasteiger partial charge is 0.253 e. The van der Waals surface area contributed by atoms with Crippen LogP contribution in [0.3, 0.4) is 0 Å². The second-order valence-corrected chi connectivity index (χ2v) is 12.5. The molecule has 2 aromatic heterocycles. The van der Waals surface area contributed by atoms with Crippen LogP contribution in [0.2, 0.25) is 0 Å². The van der Waals surface area contributed by atoms with Gasteiger partial charge in [0.2, 0.25) is 0 Å². The number of benzene rings is 1. The molecule has 6 nitrogen and oxygen atoms in total. The highest BCUT2D eigenvalue weighted by Crippen LogP contribution is 2.31. The van der Waals surface area contributed by atoms with Crippen molar-refractivity contribution in [3.05, 3.63) is 53.7 Å². The number of aryl methyl sites for hydroxylation is 1. The van der Waals surface area contributed by atoms with Crippen LogP contribution in [0.15, 0.2) is 42.6 Å². The minimum atomic E-state index is -2.54. The largest absolute Gasteiger partial charge is 0.494 e. The Kier molecular flexibility index (Phi) is 11.0. The number of carbonyl (C=O) groups excluding carboxylic acids is 1. The quantitative estimate of drug-likeness (QED) is 0.196. The Morgan fingerprint density at radius 2 is 1.67 bits per heavy atom. The van der Waals surface area contributed by atoms with Crippen molar-refractivity contribution >= 4 is 11.4 Å². The molecule has 1 aromatic carbocycles. The lowest BCUT2D eigenvalue weighted by molar-refractivity contribution is -0.0551. The molecule has 4 rings (SSSR count). The number of fused-ring (bicyclic) bond motifs is 1. The molecule has 0 spiro atoms. The number of carbonyl (C=O) groups is 1. The summed E-state index contributed by atoms with van der Waals surface area (Å²) in [5.74, 6) is -0.634. The Morgan fingerprint density at radius 3 is 2.26 bits per heavy atom. The molecule has 42 heavy (non-hydrogen) atoms. The van der Waals surface area contributed by atoms with Crippen molar-refractivity contribution in [2.75, 3.05) is 39.3 Å². The number of likely N-dealkylation sites (tertiary alicyclic amines) is 1. The van der Waals surface area contributed by atoms with E-state index in [4.69, 9.17) is 9.84 Å². The number of alkyl halides is 2. The van der Waals surface area contributed by atoms with Gasteiger partial charge >= 0.3 is 0 Å². The first-order valence-electron chi connectivity index (χ1n) is 15.7. The third kappa shape index (κ3) is 8.52. The molecule has 8 heteroatoms. The lowest BCUT2D eigenvalue weighted by atomic mass is 10.0. The Balaban J connectivity index is 1.62. The van der Waals surface area contributed by atoms with Crippen molar-refractivity contribution in [2.24, 2.45) is 11.8 Å². The van der Waals surface area contributed by atoms with Gasteiger partial charge in [-0.3, -0.25) is 4.79 Å². The predicted octanol–water partition coefficient (Wildman–Crippen LogP) is 7.60. The minimum absolute atomic E-state index is 0.0582.